The number of carboxylic acid groups (broad SMARTS) is 1. The largest absolute Gasteiger partial charge is 0.497 e. The van der Waals surface area contributed by atoms with Gasteiger partial charge in [0.2, 0.25) is 0 Å². The minimum atomic E-state index is -1.09. The molecule has 2 rings (SSSR count). The highest BCUT2D eigenvalue weighted by atomic mass is 16.5. The minimum absolute atomic E-state index is 0.202. The summed E-state index contributed by atoms with van der Waals surface area (Å²) in [5.74, 6) is -1.03. The van der Waals surface area contributed by atoms with Gasteiger partial charge < -0.3 is 19.6 Å². The Kier molecular flexibility index (Phi) is 3.74. The molecule has 0 unspecified atom stereocenters. The molecular weight excluding hydrogens is 262 g/mol. The predicted octanol–water partition coefficient (Wildman–Crippen LogP) is 2.06. The van der Waals surface area contributed by atoms with E-state index in [9.17, 15) is 9.59 Å². The summed E-state index contributed by atoms with van der Waals surface area (Å²) in [5.41, 5.74) is 1.33. The van der Waals surface area contributed by atoms with Crippen LogP contribution in [0, 0.1) is 0 Å². The van der Waals surface area contributed by atoms with Crippen LogP contribution < -0.4 is 4.74 Å². The average Bonchev–Trinajstić information content (AvgIpc) is 2.81. The highest BCUT2D eigenvalue weighted by Gasteiger charge is 2.17. The van der Waals surface area contributed by atoms with E-state index in [2.05, 4.69) is 9.72 Å². The van der Waals surface area contributed by atoms with Crippen molar-refractivity contribution in [3.8, 4) is 5.75 Å². The molecule has 2 aromatic rings. The zero-order valence-corrected chi connectivity index (χ0v) is 11.0. The SMILES string of the molecule is COC(=O)c1[nH]c2cc(OC)ccc2c1C=CC(=O)O. The number of carbonyl (C=O) groups excluding carboxylic acids is 1. The monoisotopic (exact) mass is 275 g/mol. The number of ether oxygens (including phenoxy) is 2. The van der Waals surface area contributed by atoms with Crippen LogP contribution in [0.5, 0.6) is 5.75 Å². The van der Waals surface area contributed by atoms with Gasteiger partial charge in [0.15, 0.2) is 0 Å². The molecule has 0 bridgehead atoms. The lowest BCUT2D eigenvalue weighted by Gasteiger charge is -1.99. The quantitative estimate of drug-likeness (QED) is 0.658. The highest BCUT2D eigenvalue weighted by Crippen LogP contribution is 2.27. The van der Waals surface area contributed by atoms with E-state index in [1.54, 1.807) is 18.2 Å². The summed E-state index contributed by atoms with van der Waals surface area (Å²) in [4.78, 5) is 25.3. The number of nitrogens with one attached hydrogen (secondary N) is 1. The number of fused-ring (bicyclic) bond motifs is 1. The minimum Gasteiger partial charge on any atom is -0.497 e. The number of aliphatic carboxylic acids is 1. The summed E-state index contributed by atoms with van der Waals surface area (Å²) in [6.45, 7) is 0. The second-order valence-electron chi connectivity index (χ2n) is 3.99. The molecule has 0 spiro atoms. The third-order valence-corrected chi connectivity index (χ3v) is 2.83. The van der Waals surface area contributed by atoms with Gasteiger partial charge in [-0.1, -0.05) is 0 Å². The topological polar surface area (TPSA) is 88.6 Å². The van der Waals surface area contributed by atoms with E-state index in [-0.39, 0.29) is 5.69 Å². The van der Waals surface area contributed by atoms with Crippen molar-refractivity contribution in [1.82, 2.24) is 4.98 Å². The highest BCUT2D eigenvalue weighted by molar-refractivity contribution is 6.04. The van der Waals surface area contributed by atoms with Gasteiger partial charge in [0.1, 0.15) is 11.4 Å². The van der Waals surface area contributed by atoms with Crippen molar-refractivity contribution in [2.24, 2.45) is 0 Å². The lowest BCUT2D eigenvalue weighted by atomic mass is 10.1. The third kappa shape index (κ3) is 2.49. The number of aromatic nitrogens is 1. The lowest BCUT2D eigenvalue weighted by Crippen LogP contribution is -2.03. The van der Waals surface area contributed by atoms with Crippen LogP contribution in [0.3, 0.4) is 0 Å². The number of carboxylic acids is 1. The summed E-state index contributed by atoms with van der Waals surface area (Å²) in [7, 11) is 2.80. The van der Waals surface area contributed by atoms with Gasteiger partial charge in [0.05, 0.1) is 19.7 Å². The van der Waals surface area contributed by atoms with E-state index >= 15 is 0 Å². The molecule has 0 amide bonds. The molecule has 0 saturated carbocycles. The first-order chi connectivity index (χ1) is 9.56. The molecule has 104 valence electrons. The standard InChI is InChI=1S/C14H13NO5/c1-19-8-3-4-9-10(5-6-12(16)17)13(14(18)20-2)15-11(9)7-8/h3-7,15H,1-2H3,(H,16,17). The van der Waals surface area contributed by atoms with Gasteiger partial charge in [-0.15, -0.1) is 0 Å². The summed E-state index contributed by atoms with van der Waals surface area (Å²) in [6.07, 6.45) is 2.33. The number of carbonyl (C=O) groups is 2. The number of esters is 1. The Hall–Kier alpha value is -2.76. The average molecular weight is 275 g/mol. The van der Waals surface area contributed by atoms with Gasteiger partial charge in [0, 0.05) is 23.1 Å². The van der Waals surface area contributed by atoms with Crippen LogP contribution in [-0.2, 0) is 9.53 Å². The number of aromatic amines is 1. The van der Waals surface area contributed by atoms with E-state index in [0.29, 0.717) is 22.2 Å². The molecule has 0 radical (unpaired) electrons. The fourth-order valence-corrected chi connectivity index (χ4v) is 1.92. The first kappa shape index (κ1) is 13.7. The normalized spacial score (nSPS) is 10.9. The van der Waals surface area contributed by atoms with Gasteiger partial charge in [-0.05, 0) is 18.2 Å². The van der Waals surface area contributed by atoms with Crippen LogP contribution in [0.4, 0.5) is 0 Å². The van der Waals surface area contributed by atoms with Crippen molar-refractivity contribution in [1.29, 1.82) is 0 Å². The molecule has 1 aromatic carbocycles. The fourth-order valence-electron chi connectivity index (χ4n) is 1.92. The Balaban J connectivity index is 2.66. The molecule has 0 aliphatic rings. The van der Waals surface area contributed by atoms with Gasteiger partial charge in [0.25, 0.3) is 0 Å². The van der Waals surface area contributed by atoms with E-state index in [0.717, 1.165) is 6.08 Å². The number of rotatable bonds is 4. The van der Waals surface area contributed by atoms with E-state index in [1.807, 2.05) is 0 Å². The van der Waals surface area contributed by atoms with E-state index in [4.69, 9.17) is 9.84 Å². The Morgan fingerprint density at radius 1 is 1.30 bits per heavy atom. The summed E-state index contributed by atoms with van der Waals surface area (Å²) in [5, 5.41) is 9.43. The molecule has 6 nitrogen and oxygen atoms in total. The lowest BCUT2D eigenvalue weighted by molar-refractivity contribution is -0.131. The molecule has 0 aliphatic carbocycles. The van der Waals surface area contributed by atoms with Crippen LogP contribution in [0.25, 0.3) is 17.0 Å². The number of hydrogen-bond donors (Lipinski definition) is 2. The Bertz CT molecular complexity index is 699. The number of H-pyrrole nitrogens is 1. The molecule has 0 fully saturated rings. The first-order valence-corrected chi connectivity index (χ1v) is 5.76. The fraction of sp³-hybridized carbons (Fsp3) is 0.143. The second kappa shape index (κ2) is 5.48. The maximum absolute atomic E-state index is 11.7. The van der Waals surface area contributed by atoms with Gasteiger partial charge in [-0.2, -0.15) is 0 Å². The molecule has 20 heavy (non-hydrogen) atoms. The maximum Gasteiger partial charge on any atom is 0.355 e. The molecule has 2 N–H and O–H groups in total. The van der Waals surface area contributed by atoms with Gasteiger partial charge in [-0.25, -0.2) is 9.59 Å². The Morgan fingerprint density at radius 2 is 2.05 bits per heavy atom. The van der Waals surface area contributed by atoms with Gasteiger partial charge >= 0.3 is 11.9 Å². The van der Waals surface area contributed by atoms with Crippen LogP contribution in [0.1, 0.15) is 16.1 Å². The van der Waals surface area contributed by atoms with E-state index < -0.39 is 11.9 Å². The van der Waals surface area contributed by atoms with E-state index in [1.165, 1.54) is 20.3 Å². The van der Waals surface area contributed by atoms with Crippen LogP contribution in [0.15, 0.2) is 24.3 Å². The van der Waals surface area contributed by atoms with Crippen molar-refractivity contribution in [2.75, 3.05) is 14.2 Å². The maximum atomic E-state index is 11.7. The summed E-state index contributed by atoms with van der Waals surface area (Å²) < 4.78 is 9.80. The molecular formula is C14H13NO5. The molecule has 0 aliphatic heterocycles. The second-order valence-corrected chi connectivity index (χ2v) is 3.99. The number of hydrogen-bond acceptors (Lipinski definition) is 4. The first-order valence-electron chi connectivity index (χ1n) is 5.76. The molecule has 0 saturated heterocycles. The van der Waals surface area contributed by atoms with Crippen molar-refractivity contribution in [2.45, 2.75) is 0 Å². The van der Waals surface area contributed by atoms with Crippen molar-refractivity contribution < 1.29 is 24.2 Å². The van der Waals surface area contributed by atoms with Crippen molar-refractivity contribution in [3.05, 3.63) is 35.5 Å². The van der Waals surface area contributed by atoms with Crippen molar-refractivity contribution in [3.63, 3.8) is 0 Å². The number of benzene rings is 1. The molecule has 0 atom stereocenters. The van der Waals surface area contributed by atoms with Crippen LogP contribution >= 0.6 is 0 Å². The van der Waals surface area contributed by atoms with Crippen LogP contribution in [0.2, 0.25) is 0 Å². The smallest absolute Gasteiger partial charge is 0.355 e. The van der Waals surface area contributed by atoms with Gasteiger partial charge in [-0.3, -0.25) is 0 Å². The predicted molar refractivity (Wildman–Crippen MR) is 72.9 cm³/mol. The summed E-state index contributed by atoms with van der Waals surface area (Å²) in [6, 6.07) is 5.20. The Labute approximate surface area is 114 Å². The molecule has 1 aromatic heterocycles. The Morgan fingerprint density at radius 3 is 2.65 bits per heavy atom. The molecule has 6 heteroatoms. The summed E-state index contributed by atoms with van der Waals surface area (Å²) >= 11 is 0. The van der Waals surface area contributed by atoms with Crippen molar-refractivity contribution >= 4 is 28.9 Å². The zero-order valence-electron chi connectivity index (χ0n) is 11.0. The molecule has 1 heterocycles. The number of methoxy groups -OCH3 is 2. The zero-order chi connectivity index (χ0) is 14.7. The van der Waals surface area contributed by atoms with Crippen LogP contribution in [-0.4, -0.2) is 36.2 Å². The third-order valence-electron chi connectivity index (χ3n) is 2.83.